The van der Waals surface area contributed by atoms with Crippen molar-refractivity contribution in [2.45, 2.75) is 297 Å². The van der Waals surface area contributed by atoms with Crippen LogP contribution in [-0.2, 0) is 28.6 Å². The third kappa shape index (κ3) is 50.5. The number of carbonyl (C=O) groups is 3. The summed E-state index contributed by atoms with van der Waals surface area (Å²) in [5, 5.41) is 0. The molecule has 0 aromatic carbocycles. The van der Waals surface area contributed by atoms with Crippen LogP contribution in [0, 0.1) is 0 Å². The molecule has 0 saturated heterocycles. The smallest absolute Gasteiger partial charge is 0.306 e. The third-order valence-corrected chi connectivity index (χ3v) is 12.1. The Bertz CT molecular complexity index is 1060. The standard InChI is InChI=1S/C57H104O6/c1-4-7-10-13-16-19-22-24-26-27-28-29-31-32-35-38-41-44-47-50-56(59)62-53-54(52-61-55(58)49-46-43-40-37-34-21-18-15-12-9-6-3)63-57(60)51-48-45-42-39-36-33-30-25-23-20-17-14-11-8-5-2/h15,18,21,27-28,34,54H,4-14,16-17,19-20,22-26,29-33,35-53H2,1-3H3/b18-15-,28-27-,34-21-. The van der Waals surface area contributed by atoms with Gasteiger partial charge < -0.3 is 14.2 Å². The summed E-state index contributed by atoms with van der Waals surface area (Å²) >= 11 is 0. The Hall–Kier alpha value is -2.37. The molecule has 0 aliphatic carbocycles. The molecule has 6 nitrogen and oxygen atoms in total. The maximum atomic E-state index is 12.8. The normalized spacial score (nSPS) is 12.2. The Morgan fingerprint density at radius 1 is 0.317 bits per heavy atom. The highest BCUT2D eigenvalue weighted by Crippen LogP contribution is 2.16. The summed E-state index contributed by atoms with van der Waals surface area (Å²) in [6.45, 7) is 6.59. The van der Waals surface area contributed by atoms with Crippen LogP contribution in [0.25, 0.3) is 0 Å². The molecule has 0 heterocycles. The lowest BCUT2D eigenvalue weighted by Gasteiger charge is -2.18. The molecule has 0 aromatic rings. The molecule has 0 radical (unpaired) electrons. The first-order chi connectivity index (χ1) is 31.0. The minimum atomic E-state index is -0.780. The highest BCUT2D eigenvalue weighted by atomic mass is 16.6. The van der Waals surface area contributed by atoms with Crippen molar-refractivity contribution in [3.8, 4) is 0 Å². The summed E-state index contributed by atoms with van der Waals surface area (Å²) in [5.74, 6) is -0.899. The minimum absolute atomic E-state index is 0.0799. The van der Waals surface area contributed by atoms with E-state index in [1.54, 1.807) is 0 Å². The monoisotopic (exact) mass is 885 g/mol. The average molecular weight is 885 g/mol. The lowest BCUT2D eigenvalue weighted by Crippen LogP contribution is -2.30. The topological polar surface area (TPSA) is 78.9 Å². The second-order valence-corrected chi connectivity index (χ2v) is 18.5. The Balaban J connectivity index is 4.32. The summed E-state index contributed by atoms with van der Waals surface area (Å²) in [6, 6.07) is 0. The second-order valence-electron chi connectivity index (χ2n) is 18.5. The van der Waals surface area contributed by atoms with Gasteiger partial charge in [-0.3, -0.25) is 14.4 Å². The Kier molecular flexibility index (Phi) is 50.3. The molecule has 0 saturated carbocycles. The fourth-order valence-corrected chi connectivity index (χ4v) is 7.94. The van der Waals surface area contributed by atoms with Crippen molar-refractivity contribution in [2.75, 3.05) is 13.2 Å². The van der Waals surface area contributed by atoms with Gasteiger partial charge in [0.25, 0.3) is 0 Å². The number of carbonyl (C=O) groups excluding carboxylic acids is 3. The zero-order chi connectivity index (χ0) is 45.8. The van der Waals surface area contributed by atoms with Gasteiger partial charge in [0.2, 0.25) is 0 Å². The van der Waals surface area contributed by atoms with Crippen LogP contribution in [-0.4, -0.2) is 37.2 Å². The molecule has 368 valence electrons. The molecule has 0 aliphatic heterocycles. The fourth-order valence-electron chi connectivity index (χ4n) is 7.94. The predicted molar refractivity (Wildman–Crippen MR) is 270 cm³/mol. The Morgan fingerprint density at radius 3 is 0.952 bits per heavy atom. The molecule has 0 N–H and O–H groups in total. The lowest BCUT2D eigenvalue weighted by molar-refractivity contribution is -0.167. The minimum Gasteiger partial charge on any atom is -0.462 e. The number of hydrogen-bond acceptors (Lipinski definition) is 6. The maximum Gasteiger partial charge on any atom is 0.306 e. The van der Waals surface area contributed by atoms with Crippen molar-refractivity contribution in [3.05, 3.63) is 36.5 Å². The third-order valence-electron chi connectivity index (χ3n) is 12.1. The molecule has 0 aromatic heterocycles. The first-order valence-electron chi connectivity index (χ1n) is 27.5. The summed E-state index contributed by atoms with van der Waals surface area (Å²) in [7, 11) is 0. The number of allylic oxidation sites excluding steroid dienone is 6. The van der Waals surface area contributed by atoms with Gasteiger partial charge in [0.1, 0.15) is 13.2 Å². The van der Waals surface area contributed by atoms with Crippen molar-refractivity contribution in [1.82, 2.24) is 0 Å². The van der Waals surface area contributed by atoms with Crippen LogP contribution in [0.5, 0.6) is 0 Å². The van der Waals surface area contributed by atoms with Crippen LogP contribution in [0.1, 0.15) is 290 Å². The number of ether oxygens (including phenoxy) is 3. The first kappa shape index (κ1) is 60.6. The summed E-state index contributed by atoms with van der Waals surface area (Å²) in [6.07, 6.45) is 61.4. The van der Waals surface area contributed by atoms with E-state index < -0.39 is 6.10 Å². The molecule has 63 heavy (non-hydrogen) atoms. The molecule has 0 fully saturated rings. The maximum absolute atomic E-state index is 12.8. The molecule has 6 heteroatoms. The van der Waals surface area contributed by atoms with Crippen molar-refractivity contribution in [2.24, 2.45) is 0 Å². The SMILES string of the molecule is CCCC/C=C\C=C/CCCCCC(=O)OCC(COC(=O)CCCCCCCCC/C=C\CCCCCCCCCC)OC(=O)CCCCCCCCCCCCCCCCC. The number of rotatable bonds is 50. The van der Waals surface area contributed by atoms with Crippen LogP contribution < -0.4 is 0 Å². The van der Waals surface area contributed by atoms with E-state index in [4.69, 9.17) is 14.2 Å². The summed E-state index contributed by atoms with van der Waals surface area (Å²) < 4.78 is 16.8. The molecule has 1 unspecified atom stereocenters. The lowest BCUT2D eigenvalue weighted by atomic mass is 10.0. The van der Waals surface area contributed by atoms with Crippen LogP contribution >= 0.6 is 0 Å². The van der Waals surface area contributed by atoms with Gasteiger partial charge in [-0.25, -0.2) is 0 Å². The average Bonchev–Trinajstić information content (AvgIpc) is 3.28. The largest absolute Gasteiger partial charge is 0.462 e. The summed E-state index contributed by atoms with van der Waals surface area (Å²) in [5.41, 5.74) is 0. The molecular formula is C57H104O6. The van der Waals surface area contributed by atoms with E-state index >= 15 is 0 Å². The van der Waals surface area contributed by atoms with Crippen molar-refractivity contribution in [1.29, 1.82) is 0 Å². The van der Waals surface area contributed by atoms with E-state index in [0.29, 0.717) is 19.3 Å². The highest BCUT2D eigenvalue weighted by molar-refractivity contribution is 5.71. The van der Waals surface area contributed by atoms with Gasteiger partial charge in [-0.05, 0) is 64.2 Å². The molecule has 0 bridgehead atoms. The fraction of sp³-hybridized carbons (Fsp3) is 0.842. The number of unbranched alkanes of at least 4 members (excludes halogenated alkanes) is 34. The van der Waals surface area contributed by atoms with Gasteiger partial charge in [-0.2, -0.15) is 0 Å². The molecule has 0 aliphatic rings. The van der Waals surface area contributed by atoms with Crippen LogP contribution in [0.15, 0.2) is 36.5 Å². The van der Waals surface area contributed by atoms with Crippen molar-refractivity contribution < 1.29 is 28.6 Å². The molecule has 1 atom stereocenters. The Morgan fingerprint density at radius 2 is 0.587 bits per heavy atom. The second kappa shape index (κ2) is 52.3. The van der Waals surface area contributed by atoms with E-state index in [1.165, 1.54) is 180 Å². The molecular weight excluding hydrogens is 781 g/mol. The van der Waals surface area contributed by atoms with E-state index in [2.05, 4.69) is 57.2 Å². The van der Waals surface area contributed by atoms with E-state index in [-0.39, 0.29) is 31.1 Å². The van der Waals surface area contributed by atoms with Gasteiger partial charge >= 0.3 is 17.9 Å². The van der Waals surface area contributed by atoms with E-state index in [0.717, 1.165) is 70.6 Å². The molecule has 0 rings (SSSR count). The zero-order valence-corrected chi connectivity index (χ0v) is 42.1. The van der Waals surface area contributed by atoms with Gasteiger partial charge in [0.05, 0.1) is 0 Å². The molecule has 0 amide bonds. The predicted octanol–water partition coefficient (Wildman–Crippen LogP) is 18.1. The van der Waals surface area contributed by atoms with Gasteiger partial charge in [-0.15, -0.1) is 0 Å². The van der Waals surface area contributed by atoms with E-state index in [9.17, 15) is 14.4 Å². The van der Waals surface area contributed by atoms with E-state index in [1.807, 2.05) is 0 Å². The van der Waals surface area contributed by atoms with Crippen LogP contribution in [0.3, 0.4) is 0 Å². The quantitative estimate of drug-likeness (QED) is 0.0199. The first-order valence-corrected chi connectivity index (χ1v) is 27.5. The van der Waals surface area contributed by atoms with Crippen LogP contribution in [0.4, 0.5) is 0 Å². The molecule has 0 spiro atoms. The van der Waals surface area contributed by atoms with Gasteiger partial charge in [0.15, 0.2) is 6.10 Å². The van der Waals surface area contributed by atoms with Crippen molar-refractivity contribution in [3.63, 3.8) is 0 Å². The highest BCUT2D eigenvalue weighted by Gasteiger charge is 2.19. The Labute approximate surface area is 391 Å². The number of hydrogen-bond donors (Lipinski definition) is 0. The zero-order valence-electron chi connectivity index (χ0n) is 42.1. The summed E-state index contributed by atoms with van der Waals surface area (Å²) in [4.78, 5) is 38.0. The number of esters is 3. The van der Waals surface area contributed by atoms with Gasteiger partial charge in [0, 0.05) is 19.3 Å². The van der Waals surface area contributed by atoms with Gasteiger partial charge in [-0.1, -0.05) is 243 Å². The van der Waals surface area contributed by atoms with Crippen LogP contribution in [0.2, 0.25) is 0 Å². The van der Waals surface area contributed by atoms with Crippen molar-refractivity contribution >= 4 is 17.9 Å².